The summed E-state index contributed by atoms with van der Waals surface area (Å²) in [5.41, 5.74) is 0. The molecule has 3 heteroatoms. The Bertz CT molecular complexity index is 106. The van der Waals surface area contributed by atoms with Gasteiger partial charge < -0.3 is 14.7 Å². The van der Waals surface area contributed by atoms with E-state index in [4.69, 9.17) is 4.74 Å². The molecular formula is C7H15NO2. The predicted molar refractivity (Wildman–Crippen MR) is 38.9 cm³/mol. The Hall–Kier alpha value is -0.120. The largest absolute Gasteiger partial charge is 0.389 e. The summed E-state index contributed by atoms with van der Waals surface area (Å²) in [6.07, 6.45) is 0.637. The Morgan fingerprint density at radius 3 is 2.60 bits per heavy atom. The molecular weight excluding hydrogens is 130 g/mol. The maximum absolute atomic E-state index is 9.37. The van der Waals surface area contributed by atoms with E-state index in [0.717, 1.165) is 13.0 Å². The van der Waals surface area contributed by atoms with Gasteiger partial charge in [-0.05, 0) is 20.5 Å². The molecule has 0 spiro atoms. The molecule has 3 nitrogen and oxygen atoms in total. The lowest BCUT2D eigenvalue weighted by molar-refractivity contribution is -0.0532. The Kier molecular flexibility index (Phi) is 2.65. The molecule has 10 heavy (non-hydrogen) atoms. The van der Waals surface area contributed by atoms with Gasteiger partial charge >= 0.3 is 0 Å². The van der Waals surface area contributed by atoms with E-state index in [2.05, 4.69) is 0 Å². The molecule has 0 aromatic heterocycles. The summed E-state index contributed by atoms with van der Waals surface area (Å²) < 4.78 is 5.09. The standard InChI is InChI=1S/C7H15NO2/c1-8(2)6-3-4-10-5-7(6)9/h6-7,9H,3-5H2,1-2H3/t6-,7-/m1/s1. The summed E-state index contributed by atoms with van der Waals surface area (Å²) in [4.78, 5) is 2.05. The molecule has 0 unspecified atom stereocenters. The Labute approximate surface area is 61.6 Å². The number of hydrogen-bond donors (Lipinski definition) is 1. The first-order chi connectivity index (χ1) is 4.72. The van der Waals surface area contributed by atoms with Crippen LogP contribution in [0.15, 0.2) is 0 Å². The van der Waals surface area contributed by atoms with Crippen molar-refractivity contribution in [3.63, 3.8) is 0 Å². The molecule has 60 valence electrons. The zero-order valence-corrected chi connectivity index (χ0v) is 6.58. The van der Waals surface area contributed by atoms with Crippen LogP contribution in [0, 0.1) is 0 Å². The summed E-state index contributed by atoms with van der Waals surface area (Å²) in [7, 11) is 3.97. The number of likely N-dealkylation sites (N-methyl/N-ethyl adjacent to an activating group) is 1. The minimum Gasteiger partial charge on any atom is -0.389 e. The number of ether oxygens (including phenoxy) is 1. The van der Waals surface area contributed by atoms with Gasteiger partial charge in [-0.1, -0.05) is 0 Å². The fraction of sp³-hybridized carbons (Fsp3) is 1.00. The van der Waals surface area contributed by atoms with Gasteiger partial charge in [-0.25, -0.2) is 0 Å². The second-order valence-corrected chi connectivity index (χ2v) is 2.96. The molecule has 1 heterocycles. The first-order valence-electron chi connectivity index (χ1n) is 3.64. The van der Waals surface area contributed by atoms with Crippen LogP contribution in [0.25, 0.3) is 0 Å². The van der Waals surface area contributed by atoms with Crippen molar-refractivity contribution in [2.45, 2.75) is 18.6 Å². The number of aliphatic hydroxyl groups excluding tert-OH is 1. The van der Waals surface area contributed by atoms with Crippen LogP contribution in [-0.4, -0.2) is 49.5 Å². The Morgan fingerprint density at radius 1 is 1.50 bits per heavy atom. The van der Waals surface area contributed by atoms with Gasteiger partial charge in [0, 0.05) is 12.6 Å². The maximum atomic E-state index is 9.37. The average Bonchev–Trinajstić information content (AvgIpc) is 1.88. The number of rotatable bonds is 1. The monoisotopic (exact) mass is 145 g/mol. The molecule has 1 aliphatic heterocycles. The third kappa shape index (κ3) is 1.68. The lowest BCUT2D eigenvalue weighted by Crippen LogP contribution is -2.45. The highest BCUT2D eigenvalue weighted by molar-refractivity contribution is 4.78. The van der Waals surface area contributed by atoms with Crippen LogP contribution in [0.4, 0.5) is 0 Å². The third-order valence-electron chi connectivity index (χ3n) is 1.95. The van der Waals surface area contributed by atoms with Gasteiger partial charge in [0.05, 0.1) is 12.7 Å². The quantitative estimate of drug-likeness (QED) is 0.550. The van der Waals surface area contributed by atoms with E-state index in [9.17, 15) is 5.11 Å². The molecule has 1 saturated heterocycles. The van der Waals surface area contributed by atoms with Crippen molar-refractivity contribution >= 4 is 0 Å². The van der Waals surface area contributed by atoms with E-state index in [-0.39, 0.29) is 12.1 Å². The van der Waals surface area contributed by atoms with E-state index in [0.29, 0.717) is 6.61 Å². The highest BCUT2D eigenvalue weighted by Gasteiger charge is 2.24. The Balaban J connectivity index is 2.40. The maximum Gasteiger partial charge on any atom is 0.0928 e. The summed E-state index contributed by atoms with van der Waals surface area (Å²) >= 11 is 0. The molecule has 0 bridgehead atoms. The summed E-state index contributed by atoms with van der Waals surface area (Å²) in [6, 6.07) is 0.286. The van der Waals surface area contributed by atoms with Gasteiger partial charge in [-0.2, -0.15) is 0 Å². The molecule has 0 saturated carbocycles. The number of aliphatic hydroxyl groups is 1. The normalized spacial score (nSPS) is 34.8. The first-order valence-corrected chi connectivity index (χ1v) is 3.64. The zero-order valence-electron chi connectivity index (χ0n) is 6.58. The second kappa shape index (κ2) is 3.32. The van der Waals surface area contributed by atoms with Crippen LogP contribution in [-0.2, 0) is 4.74 Å². The third-order valence-corrected chi connectivity index (χ3v) is 1.95. The summed E-state index contributed by atoms with van der Waals surface area (Å²) in [6.45, 7) is 1.27. The average molecular weight is 145 g/mol. The minimum atomic E-state index is -0.302. The highest BCUT2D eigenvalue weighted by atomic mass is 16.5. The van der Waals surface area contributed by atoms with Gasteiger partial charge in [0.1, 0.15) is 0 Å². The van der Waals surface area contributed by atoms with Crippen LogP contribution in [0.3, 0.4) is 0 Å². The van der Waals surface area contributed by atoms with Crippen molar-refractivity contribution < 1.29 is 9.84 Å². The lowest BCUT2D eigenvalue weighted by Gasteiger charge is -2.32. The molecule has 0 aromatic rings. The SMILES string of the molecule is CN(C)[C@@H]1CCOC[C@H]1O. The minimum absolute atomic E-state index is 0.286. The van der Waals surface area contributed by atoms with E-state index in [1.807, 2.05) is 19.0 Å². The van der Waals surface area contributed by atoms with Crippen LogP contribution in [0.1, 0.15) is 6.42 Å². The van der Waals surface area contributed by atoms with Gasteiger partial charge in [-0.3, -0.25) is 0 Å². The molecule has 0 aromatic carbocycles. The molecule has 0 amide bonds. The molecule has 1 aliphatic rings. The molecule has 1 N–H and O–H groups in total. The van der Waals surface area contributed by atoms with Crippen molar-refractivity contribution in [2.75, 3.05) is 27.3 Å². The second-order valence-electron chi connectivity index (χ2n) is 2.96. The van der Waals surface area contributed by atoms with Crippen LogP contribution < -0.4 is 0 Å². The van der Waals surface area contributed by atoms with Crippen molar-refractivity contribution in [2.24, 2.45) is 0 Å². The summed E-state index contributed by atoms with van der Waals surface area (Å²) in [5, 5.41) is 9.37. The van der Waals surface area contributed by atoms with Crippen molar-refractivity contribution in [1.82, 2.24) is 4.90 Å². The number of nitrogens with zero attached hydrogens (tertiary/aromatic N) is 1. The van der Waals surface area contributed by atoms with Gasteiger partial charge in [-0.15, -0.1) is 0 Å². The smallest absolute Gasteiger partial charge is 0.0928 e. The van der Waals surface area contributed by atoms with Gasteiger partial charge in [0.15, 0.2) is 0 Å². The highest BCUT2D eigenvalue weighted by Crippen LogP contribution is 2.11. The van der Waals surface area contributed by atoms with Crippen molar-refractivity contribution in [1.29, 1.82) is 0 Å². The van der Waals surface area contributed by atoms with Crippen LogP contribution in [0.5, 0.6) is 0 Å². The van der Waals surface area contributed by atoms with E-state index < -0.39 is 0 Å². The summed E-state index contributed by atoms with van der Waals surface area (Å²) in [5.74, 6) is 0. The van der Waals surface area contributed by atoms with Gasteiger partial charge in [0.2, 0.25) is 0 Å². The molecule has 1 rings (SSSR count). The zero-order chi connectivity index (χ0) is 7.56. The van der Waals surface area contributed by atoms with E-state index in [1.54, 1.807) is 0 Å². The molecule has 0 radical (unpaired) electrons. The predicted octanol–water partition coefficient (Wildman–Crippen LogP) is -0.302. The molecule has 2 atom stereocenters. The van der Waals surface area contributed by atoms with Crippen molar-refractivity contribution in [3.05, 3.63) is 0 Å². The topological polar surface area (TPSA) is 32.7 Å². The molecule has 0 aliphatic carbocycles. The van der Waals surface area contributed by atoms with Crippen LogP contribution >= 0.6 is 0 Å². The fourth-order valence-electron chi connectivity index (χ4n) is 1.31. The number of hydrogen-bond acceptors (Lipinski definition) is 3. The van der Waals surface area contributed by atoms with E-state index in [1.165, 1.54) is 0 Å². The van der Waals surface area contributed by atoms with Crippen molar-refractivity contribution in [3.8, 4) is 0 Å². The fourth-order valence-corrected chi connectivity index (χ4v) is 1.31. The Morgan fingerprint density at radius 2 is 2.20 bits per heavy atom. The first kappa shape index (κ1) is 7.98. The van der Waals surface area contributed by atoms with Gasteiger partial charge in [0.25, 0.3) is 0 Å². The van der Waals surface area contributed by atoms with Crippen LogP contribution in [0.2, 0.25) is 0 Å². The lowest BCUT2D eigenvalue weighted by atomic mass is 10.1. The molecule has 1 fully saturated rings. The van der Waals surface area contributed by atoms with E-state index >= 15 is 0 Å².